The van der Waals surface area contributed by atoms with Crippen molar-refractivity contribution in [1.29, 1.82) is 0 Å². The SMILES string of the molecule is O=C(O)CC1CCSc2ccccc2C1=O. The van der Waals surface area contributed by atoms with Crippen LogP contribution in [-0.4, -0.2) is 22.6 Å². The molecule has 0 spiro atoms. The van der Waals surface area contributed by atoms with E-state index in [4.69, 9.17) is 5.11 Å². The largest absolute Gasteiger partial charge is 0.481 e. The third-order valence-corrected chi connectivity index (χ3v) is 3.78. The molecule has 1 aliphatic heterocycles. The molecule has 1 aromatic rings. The van der Waals surface area contributed by atoms with Crippen LogP contribution in [0.5, 0.6) is 0 Å². The molecule has 1 N–H and O–H groups in total. The molecular formula is C12H12O3S. The van der Waals surface area contributed by atoms with Gasteiger partial charge in [-0.3, -0.25) is 9.59 Å². The Morgan fingerprint density at radius 3 is 2.94 bits per heavy atom. The van der Waals surface area contributed by atoms with Crippen LogP contribution in [0.2, 0.25) is 0 Å². The molecule has 0 saturated carbocycles. The van der Waals surface area contributed by atoms with Gasteiger partial charge in [0.25, 0.3) is 0 Å². The molecule has 0 amide bonds. The van der Waals surface area contributed by atoms with Crippen molar-refractivity contribution in [3.63, 3.8) is 0 Å². The Labute approximate surface area is 97.9 Å². The van der Waals surface area contributed by atoms with Gasteiger partial charge in [-0.25, -0.2) is 0 Å². The maximum Gasteiger partial charge on any atom is 0.304 e. The minimum Gasteiger partial charge on any atom is -0.481 e. The van der Waals surface area contributed by atoms with Crippen molar-refractivity contribution in [1.82, 2.24) is 0 Å². The lowest BCUT2D eigenvalue weighted by molar-refractivity contribution is -0.137. The predicted octanol–water partition coefficient (Wildman–Crippen LogP) is 2.46. The van der Waals surface area contributed by atoms with Crippen LogP contribution < -0.4 is 0 Å². The highest BCUT2D eigenvalue weighted by Crippen LogP contribution is 2.32. The fourth-order valence-electron chi connectivity index (χ4n) is 1.86. The van der Waals surface area contributed by atoms with Gasteiger partial charge in [-0.1, -0.05) is 18.2 Å². The Morgan fingerprint density at radius 2 is 2.19 bits per heavy atom. The van der Waals surface area contributed by atoms with E-state index in [1.54, 1.807) is 17.8 Å². The molecule has 0 aromatic heterocycles. The molecule has 1 atom stereocenters. The summed E-state index contributed by atoms with van der Waals surface area (Å²) in [6.45, 7) is 0. The Bertz CT molecular complexity index is 428. The van der Waals surface area contributed by atoms with E-state index in [1.807, 2.05) is 18.2 Å². The van der Waals surface area contributed by atoms with E-state index in [2.05, 4.69) is 0 Å². The minimum atomic E-state index is -0.900. The Morgan fingerprint density at radius 1 is 1.44 bits per heavy atom. The van der Waals surface area contributed by atoms with E-state index in [9.17, 15) is 9.59 Å². The highest BCUT2D eigenvalue weighted by molar-refractivity contribution is 7.99. The third-order valence-electron chi connectivity index (χ3n) is 2.67. The second-order valence-electron chi connectivity index (χ2n) is 3.79. The molecule has 0 radical (unpaired) electrons. The normalized spacial score (nSPS) is 20.0. The summed E-state index contributed by atoms with van der Waals surface area (Å²) in [5.41, 5.74) is 0.677. The van der Waals surface area contributed by atoms with Gasteiger partial charge in [-0.15, -0.1) is 11.8 Å². The molecule has 0 saturated heterocycles. The lowest BCUT2D eigenvalue weighted by atomic mass is 9.92. The van der Waals surface area contributed by atoms with E-state index >= 15 is 0 Å². The number of aliphatic carboxylic acids is 1. The number of ketones is 1. The Hall–Kier alpha value is -1.29. The monoisotopic (exact) mass is 236 g/mol. The van der Waals surface area contributed by atoms with Crippen LogP contribution in [0.1, 0.15) is 23.2 Å². The van der Waals surface area contributed by atoms with Gasteiger partial charge in [0.2, 0.25) is 0 Å². The molecule has 0 fully saturated rings. The standard InChI is InChI=1S/C12H12O3S/c13-11(14)7-8-5-6-16-10-4-2-1-3-9(10)12(8)15/h1-4,8H,5-7H2,(H,13,14). The first-order valence-corrected chi connectivity index (χ1v) is 6.15. The van der Waals surface area contributed by atoms with E-state index in [1.165, 1.54) is 0 Å². The van der Waals surface area contributed by atoms with Crippen LogP contribution in [0.15, 0.2) is 29.2 Å². The highest BCUT2D eigenvalue weighted by atomic mass is 32.2. The van der Waals surface area contributed by atoms with Crippen molar-refractivity contribution in [2.45, 2.75) is 17.7 Å². The molecule has 1 heterocycles. The van der Waals surface area contributed by atoms with Crippen molar-refractivity contribution in [3.8, 4) is 0 Å². The van der Waals surface area contributed by atoms with Crippen LogP contribution in [0.4, 0.5) is 0 Å². The van der Waals surface area contributed by atoms with Gasteiger partial charge >= 0.3 is 5.97 Å². The summed E-state index contributed by atoms with van der Waals surface area (Å²) in [5, 5.41) is 8.76. The number of hydrogen-bond acceptors (Lipinski definition) is 3. The molecule has 84 valence electrons. The lowest BCUT2D eigenvalue weighted by Gasteiger charge is -2.09. The van der Waals surface area contributed by atoms with E-state index in [0.717, 1.165) is 10.6 Å². The van der Waals surface area contributed by atoms with E-state index in [0.29, 0.717) is 12.0 Å². The average Bonchev–Trinajstić information content (AvgIpc) is 2.40. The maximum absolute atomic E-state index is 12.1. The van der Waals surface area contributed by atoms with Crippen molar-refractivity contribution < 1.29 is 14.7 Å². The number of benzene rings is 1. The summed E-state index contributed by atoms with van der Waals surface area (Å²) in [4.78, 5) is 23.7. The smallest absolute Gasteiger partial charge is 0.304 e. The second-order valence-corrected chi connectivity index (χ2v) is 4.93. The first-order valence-electron chi connectivity index (χ1n) is 5.16. The van der Waals surface area contributed by atoms with Gasteiger partial charge in [-0.05, 0) is 18.2 Å². The van der Waals surface area contributed by atoms with Gasteiger partial charge in [-0.2, -0.15) is 0 Å². The minimum absolute atomic E-state index is 0.0250. The van der Waals surface area contributed by atoms with Crippen molar-refractivity contribution in [3.05, 3.63) is 29.8 Å². The van der Waals surface area contributed by atoms with Crippen LogP contribution in [0.25, 0.3) is 0 Å². The first kappa shape index (κ1) is 11.2. The molecule has 0 aliphatic carbocycles. The van der Waals surface area contributed by atoms with Crippen molar-refractivity contribution in [2.75, 3.05) is 5.75 Å². The molecule has 1 unspecified atom stereocenters. The van der Waals surface area contributed by atoms with Gasteiger partial charge in [0.1, 0.15) is 0 Å². The molecule has 1 aromatic carbocycles. The highest BCUT2D eigenvalue weighted by Gasteiger charge is 2.27. The zero-order valence-electron chi connectivity index (χ0n) is 8.68. The number of carboxylic acid groups (broad SMARTS) is 1. The number of fused-ring (bicyclic) bond motifs is 1. The molecule has 0 bridgehead atoms. The number of rotatable bonds is 2. The molecule has 1 aliphatic rings. The molecule has 2 rings (SSSR count). The summed E-state index contributed by atoms with van der Waals surface area (Å²) in [6, 6.07) is 7.42. The van der Waals surface area contributed by atoms with Crippen LogP contribution in [0.3, 0.4) is 0 Å². The quantitative estimate of drug-likeness (QED) is 0.857. The second kappa shape index (κ2) is 4.70. The van der Waals surface area contributed by atoms with Gasteiger partial charge < -0.3 is 5.11 Å². The number of Topliss-reactive ketones (excluding diaryl/α,β-unsaturated/α-hetero) is 1. The maximum atomic E-state index is 12.1. The van der Waals surface area contributed by atoms with Crippen LogP contribution in [0, 0.1) is 5.92 Å². The summed E-state index contributed by atoms with van der Waals surface area (Å²) < 4.78 is 0. The van der Waals surface area contributed by atoms with E-state index < -0.39 is 5.97 Å². The number of hydrogen-bond donors (Lipinski definition) is 1. The average molecular weight is 236 g/mol. The molecule has 4 heteroatoms. The molecule has 3 nitrogen and oxygen atoms in total. The zero-order valence-corrected chi connectivity index (χ0v) is 9.50. The lowest BCUT2D eigenvalue weighted by Crippen LogP contribution is -2.18. The summed E-state index contributed by atoms with van der Waals surface area (Å²) in [6.07, 6.45) is 0.582. The molecule has 16 heavy (non-hydrogen) atoms. The third kappa shape index (κ3) is 2.27. The summed E-state index contributed by atoms with van der Waals surface area (Å²) in [7, 11) is 0. The number of carbonyl (C=O) groups is 2. The van der Waals surface area contributed by atoms with Gasteiger partial charge in [0.15, 0.2) is 5.78 Å². The van der Waals surface area contributed by atoms with Crippen LogP contribution >= 0.6 is 11.8 Å². The summed E-state index contributed by atoms with van der Waals surface area (Å²) in [5.74, 6) is -0.486. The van der Waals surface area contributed by atoms with Crippen molar-refractivity contribution >= 4 is 23.5 Å². The Kier molecular flexibility index (Phi) is 3.29. The predicted molar refractivity (Wildman–Crippen MR) is 61.9 cm³/mol. The zero-order chi connectivity index (χ0) is 11.5. The molecular weight excluding hydrogens is 224 g/mol. The van der Waals surface area contributed by atoms with Gasteiger partial charge in [0.05, 0.1) is 6.42 Å². The van der Waals surface area contributed by atoms with Crippen LogP contribution in [-0.2, 0) is 4.79 Å². The number of thioether (sulfide) groups is 1. The fraction of sp³-hybridized carbons (Fsp3) is 0.333. The Balaban J connectivity index is 2.30. The number of carbonyl (C=O) groups excluding carboxylic acids is 1. The van der Waals surface area contributed by atoms with E-state index in [-0.39, 0.29) is 18.1 Å². The topological polar surface area (TPSA) is 54.4 Å². The number of carboxylic acids is 1. The first-order chi connectivity index (χ1) is 7.68. The summed E-state index contributed by atoms with van der Waals surface area (Å²) >= 11 is 1.63. The van der Waals surface area contributed by atoms with Gasteiger partial charge in [0, 0.05) is 16.4 Å². The fourth-order valence-corrected chi connectivity index (χ4v) is 2.98. The van der Waals surface area contributed by atoms with Crippen molar-refractivity contribution in [2.24, 2.45) is 5.92 Å².